The molecule has 7 nitrogen and oxygen atoms in total. The highest BCUT2D eigenvalue weighted by atomic mass is 16.5. The molecule has 0 saturated carbocycles. The normalized spacial score (nSPS) is 11.2. The van der Waals surface area contributed by atoms with E-state index >= 15 is 0 Å². The SMILES string of the molecule is CCOc1ccc(O[C@@H](C)C(=O)NNC(=O)COc2cccc(CC)c2)cc1. The highest BCUT2D eigenvalue weighted by Crippen LogP contribution is 2.18. The molecule has 0 aliphatic rings. The van der Waals surface area contributed by atoms with E-state index in [2.05, 4.69) is 10.9 Å². The lowest BCUT2D eigenvalue weighted by Gasteiger charge is -2.15. The molecule has 2 rings (SSSR count). The van der Waals surface area contributed by atoms with Crippen molar-refractivity contribution in [2.75, 3.05) is 13.2 Å². The Morgan fingerprint density at radius 2 is 1.64 bits per heavy atom. The Morgan fingerprint density at radius 1 is 0.929 bits per heavy atom. The van der Waals surface area contributed by atoms with Crippen molar-refractivity contribution in [3.05, 3.63) is 54.1 Å². The van der Waals surface area contributed by atoms with Crippen LogP contribution in [0.3, 0.4) is 0 Å². The minimum atomic E-state index is -0.791. The molecule has 0 aliphatic heterocycles. The van der Waals surface area contributed by atoms with Crippen LogP contribution in [0.1, 0.15) is 26.3 Å². The van der Waals surface area contributed by atoms with Crippen LogP contribution in [0.25, 0.3) is 0 Å². The predicted octanol–water partition coefficient (Wildman–Crippen LogP) is 2.64. The standard InChI is InChI=1S/C21H26N2O5/c1-4-16-7-6-8-19(13-16)27-14-20(24)22-23-21(25)15(3)28-18-11-9-17(10-12-18)26-5-2/h6-13,15H,4-5,14H2,1-3H3,(H,22,24)(H,23,25)/t15-/m0/s1. The van der Waals surface area contributed by atoms with Gasteiger partial charge in [0.2, 0.25) is 0 Å². The smallest absolute Gasteiger partial charge is 0.279 e. The van der Waals surface area contributed by atoms with Gasteiger partial charge in [-0.3, -0.25) is 20.4 Å². The Morgan fingerprint density at radius 3 is 2.32 bits per heavy atom. The molecule has 28 heavy (non-hydrogen) atoms. The number of aryl methyl sites for hydroxylation is 1. The number of nitrogens with one attached hydrogen (secondary N) is 2. The number of carbonyl (C=O) groups is 2. The quantitative estimate of drug-likeness (QED) is 0.647. The molecule has 2 N–H and O–H groups in total. The zero-order valence-electron chi connectivity index (χ0n) is 16.4. The molecule has 7 heteroatoms. The van der Waals surface area contributed by atoms with Crippen LogP contribution in [0.5, 0.6) is 17.2 Å². The molecule has 0 radical (unpaired) electrons. The summed E-state index contributed by atoms with van der Waals surface area (Å²) < 4.78 is 16.3. The number of benzene rings is 2. The van der Waals surface area contributed by atoms with Gasteiger partial charge in [-0.25, -0.2) is 0 Å². The van der Waals surface area contributed by atoms with Crippen molar-refractivity contribution in [1.29, 1.82) is 0 Å². The van der Waals surface area contributed by atoms with Gasteiger partial charge in [0.1, 0.15) is 17.2 Å². The van der Waals surface area contributed by atoms with Gasteiger partial charge in [-0.2, -0.15) is 0 Å². The summed E-state index contributed by atoms with van der Waals surface area (Å²) in [7, 11) is 0. The Bertz CT molecular complexity index is 777. The van der Waals surface area contributed by atoms with Gasteiger partial charge in [0.15, 0.2) is 12.7 Å². The highest BCUT2D eigenvalue weighted by molar-refractivity contribution is 5.85. The second-order valence-electron chi connectivity index (χ2n) is 5.99. The Hall–Kier alpha value is -3.22. The molecule has 0 heterocycles. The summed E-state index contributed by atoms with van der Waals surface area (Å²) >= 11 is 0. The molecule has 0 bridgehead atoms. The lowest BCUT2D eigenvalue weighted by atomic mass is 10.2. The van der Waals surface area contributed by atoms with Crippen molar-refractivity contribution in [3.63, 3.8) is 0 Å². The van der Waals surface area contributed by atoms with Gasteiger partial charge in [0.05, 0.1) is 6.61 Å². The average Bonchev–Trinajstić information content (AvgIpc) is 2.72. The fraction of sp³-hybridized carbons (Fsp3) is 0.333. The molecule has 0 unspecified atom stereocenters. The van der Waals surface area contributed by atoms with Crippen molar-refractivity contribution in [2.24, 2.45) is 0 Å². The molecule has 150 valence electrons. The van der Waals surface area contributed by atoms with E-state index in [1.165, 1.54) is 0 Å². The lowest BCUT2D eigenvalue weighted by Crippen LogP contribution is -2.48. The van der Waals surface area contributed by atoms with E-state index in [4.69, 9.17) is 14.2 Å². The third-order valence-corrected chi connectivity index (χ3v) is 3.82. The van der Waals surface area contributed by atoms with Gasteiger partial charge < -0.3 is 14.2 Å². The van der Waals surface area contributed by atoms with Crippen LogP contribution in [0.15, 0.2) is 48.5 Å². The number of carbonyl (C=O) groups excluding carboxylic acids is 2. The van der Waals surface area contributed by atoms with Gasteiger partial charge >= 0.3 is 0 Å². The van der Waals surface area contributed by atoms with E-state index < -0.39 is 17.9 Å². The van der Waals surface area contributed by atoms with Gasteiger partial charge in [-0.1, -0.05) is 19.1 Å². The van der Waals surface area contributed by atoms with Gasteiger partial charge in [0.25, 0.3) is 11.8 Å². The second kappa shape index (κ2) is 10.8. The third kappa shape index (κ3) is 6.83. The number of hydrazine groups is 1. The summed E-state index contributed by atoms with van der Waals surface area (Å²) in [5, 5.41) is 0. The molecule has 2 aromatic carbocycles. The number of amides is 2. The van der Waals surface area contributed by atoms with Crippen LogP contribution in [0.2, 0.25) is 0 Å². The van der Waals surface area contributed by atoms with Crippen molar-refractivity contribution in [1.82, 2.24) is 10.9 Å². The number of ether oxygens (including phenoxy) is 3. The van der Waals surface area contributed by atoms with Crippen LogP contribution in [-0.4, -0.2) is 31.1 Å². The summed E-state index contributed by atoms with van der Waals surface area (Å²) in [6.07, 6.45) is 0.0894. The zero-order valence-corrected chi connectivity index (χ0v) is 16.4. The van der Waals surface area contributed by atoms with E-state index in [-0.39, 0.29) is 6.61 Å². The number of rotatable bonds is 9. The first-order chi connectivity index (χ1) is 13.5. The molecule has 2 aromatic rings. The van der Waals surface area contributed by atoms with Gasteiger partial charge in [-0.15, -0.1) is 0 Å². The van der Waals surface area contributed by atoms with E-state index in [1.807, 2.05) is 32.0 Å². The van der Waals surface area contributed by atoms with Crippen LogP contribution < -0.4 is 25.1 Å². The summed E-state index contributed by atoms with van der Waals surface area (Å²) in [5.41, 5.74) is 5.75. The minimum Gasteiger partial charge on any atom is -0.494 e. The Kier molecular flexibility index (Phi) is 8.14. The number of hydrogen-bond acceptors (Lipinski definition) is 5. The van der Waals surface area contributed by atoms with Crippen LogP contribution in [-0.2, 0) is 16.0 Å². The van der Waals surface area contributed by atoms with E-state index in [0.717, 1.165) is 17.7 Å². The molecule has 0 aliphatic carbocycles. The predicted molar refractivity (Wildman–Crippen MR) is 105 cm³/mol. The second-order valence-corrected chi connectivity index (χ2v) is 5.99. The fourth-order valence-corrected chi connectivity index (χ4v) is 2.31. The topological polar surface area (TPSA) is 85.9 Å². The van der Waals surface area contributed by atoms with E-state index in [0.29, 0.717) is 18.1 Å². The maximum Gasteiger partial charge on any atom is 0.279 e. The first-order valence-corrected chi connectivity index (χ1v) is 9.21. The first kappa shape index (κ1) is 21.1. The molecule has 2 amide bonds. The van der Waals surface area contributed by atoms with Crippen LogP contribution in [0.4, 0.5) is 0 Å². The van der Waals surface area contributed by atoms with E-state index in [1.54, 1.807) is 37.3 Å². The molecule has 0 saturated heterocycles. The van der Waals surface area contributed by atoms with Gasteiger partial charge in [0, 0.05) is 0 Å². The van der Waals surface area contributed by atoms with Crippen LogP contribution in [0, 0.1) is 0 Å². The zero-order chi connectivity index (χ0) is 20.4. The van der Waals surface area contributed by atoms with E-state index in [9.17, 15) is 9.59 Å². The summed E-state index contributed by atoms with van der Waals surface area (Å²) in [5.74, 6) is 0.909. The fourth-order valence-electron chi connectivity index (χ4n) is 2.31. The largest absolute Gasteiger partial charge is 0.494 e. The van der Waals surface area contributed by atoms with Crippen molar-refractivity contribution >= 4 is 11.8 Å². The molecular weight excluding hydrogens is 360 g/mol. The van der Waals surface area contributed by atoms with Crippen LogP contribution >= 0.6 is 0 Å². The summed E-state index contributed by atoms with van der Waals surface area (Å²) in [6, 6.07) is 14.5. The average molecular weight is 386 g/mol. The monoisotopic (exact) mass is 386 g/mol. The number of hydrogen-bond donors (Lipinski definition) is 2. The highest BCUT2D eigenvalue weighted by Gasteiger charge is 2.15. The Balaban J connectivity index is 1.73. The maximum absolute atomic E-state index is 12.1. The Labute approximate surface area is 165 Å². The molecule has 0 spiro atoms. The molecular formula is C21H26N2O5. The molecule has 1 atom stereocenters. The summed E-state index contributed by atoms with van der Waals surface area (Å²) in [6.45, 7) is 5.90. The maximum atomic E-state index is 12.1. The van der Waals surface area contributed by atoms with Crippen molar-refractivity contribution < 1.29 is 23.8 Å². The summed E-state index contributed by atoms with van der Waals surface area (Å²) in [4.78, 5) is 23.9. The van der Waals surface area contributed by atoms with Crippen molar-refractivity contribution in [2.45, 2.75) is 33.3 Å². The third-order valence-electron chi connectivity index (χ3n) is 3.82. The first-order valence-electron chi connectivity index (χ1n) is 9.21. The minimum absolute atomic E-state index is 0.207. The lowest BCUT2D eigenvalue weighted by molar-refractivity contribution is -0.133. The molecule has 0 fully saturated rings. The molecule has 0 aromatic heterocycles. The van der Waals surface area contributed by atoms with Gasteiger partial charge in [-0.05, 0) is 62.2 Å². The van der Waals surface area contributed by atoms with Crippen molar-refractivity contribution in [3.8, 4) is 17.2 Å².